The lowest BCUT2D eigenvalue weighted by Crippen LogP contribution is -2.25. The molecule has 228 valence electrons. The molecule has 1 N–H and O–H groups in total. The van der Waals surface area contributed by atoms with Crippen LogP contribution in [0.25, 0.3) is 5.69 Å². The van der Waals surface area contributed by atoms with E-state index >= 15 is 0 Å². The van der Waals surface area contributed by atoms with Crippen molar-refractivity contribution in [3.63, 3.8) is 0 Å². The molecule has 1 aromatic heterocycles. The molecule has 3 aromatic carbocycles. The minimum Gasteiger partial charge on any atom is -0.493 e. The van der Waals surface area contributed by atoms with Crippen molar-refractivity contribution < 1.29 is 45.3 Å². The standard InChI is InChI=1S/C28H24F6N4O4S/c1-40-21-11-17(12-22(41-2)24(21)42-3)25(39)35-14-23-36-37-26(38(23)20-6-4-5-19(13-20)28(32,33)34)43-15-16-7-9-18(10-8-16)27(29,30)31/h4-13H,14-15H2,1-3H3,(H,35,39). The van der Waals surface area contributed by atoms with Crippen LogP contribution in [0.4, 0.5) is 26.3 Å². The van der Waals surface area contributed by atoms with Crippen molar-refractivity contribution >= 4 is 17.7 Å². The Balaban J connectivity index is 1.63. The van der Waals surface area contributed by atoms with Crippen molar-refractivity contribution in [1.82, 2.24) is 20.1 Å². The van der Waals surface area contributed by atoms with Crippen molar-refractivity contribution in [2.45, 2.75) is 29.8 Å². The van der Waals surface area contributed by atoms with Gasteiger partial charge in [0.05, 0.1) is 44.7 Å². The van der Waals surface area contributed by atoms with E-state index in [1.54, 1.807) is 0 Å². The molecular formula is C28H24F6N4O4S. The highest BCUT2D eigenvalue weighted by Gasteiger charge is 2.31. The van der Waals surface area contributed by atoms with Crippen molar-refractivity contribution in [3.8, 4) is 22.9 Å². The Hall–Kier alpha value is -4.40. The predicted molar refractivity (Wildman–Crippen MR) is 145 cm³/mol. The summed E-state index contributed by atoms with van der Waals surface area (Å²) in [6.07, 6.45) is -9.12. The van der Waals surface area contributed by atoms with Crippen LogP contribution in [0.2, 0.25) is 0 Å². The average Bonchev–Trinajstić information content (AvgIpc) is 3.40. The van der Waals surface area contributed by atoms with Crippen LogP contribution in [0, 0.1) is 0 Å². The summed E-state index contributed by atoms with van der Waals surface area (Å²) in [5, 5.41) is 11.0. The lowest BCUT2D eigenvalue weighted by atomic mass is 10.1. The Kier molecular flexibility index (Phi) is 9.43. The number of hydrogen-bond acceptors (Lipinski definition) is 7. The van der Waals surface area contributed by atoms with E-state index in [1.165, 1.54) is 62.3 Å². The molecule has 15 heteroatoms. The molecule has 0 saturated carbocycles. The number of benzene rings is 3. The predicted octanol–water partition coefficient (Wildman–Crippen LogP) is 6.55. The summed E-state index contributed by atoms with van der Waals surface area (Å²) >= 11 is 1.05. The van der Waals surface area contributed by atoms with Crippen molar-refractivity contribution in [1.29, 1.82) is 0 Å². The first kappa shape index (κ1) is 31.5. The zero-order valence-electron chi connectivity index (χ0n) is 22.8. The van der Waals surface area contributed by atoms with Gasteiger partial charge in [-0.1, -0.05) is 30.0 Å². The summed E-state index contributed by atoms with van der Waals surface area (Å²) in [6.45, 7) is -0.237. The van der Waals surface area contributed by atoms with Crippen LogP contribution in [0.15, 0.2) is 65.8 Å². The fourth-order valence-electron chi connectivity index (χ4n) is 4.00. The molecule has 0 aliphatic carbocycles. The summed E-state index contributed by atoms with van der Waals surface area (Å²) in [5.74, 6) is 0.432. The van der Waals surface area contributed by atoms with Gasteiger partial charge in [0.2, 0.25) is 5.75 Å². The van der Waals surface area contributed by atoms with Gasteiger partial charge in [-0.25, -0.2) is 0 Å². The second-order valence-corrected chi connectivity index (χ2v) is 9.80. The van der Waals surface area contributed by atoms with Crippen molar-refractivity contribution in [2.75, 3.05) is 21.3 Å². The maximum absolute atomic E-state index is 13.5. The van der Waals surface area contributed by atoms with Crippen LogP contribution in [0.5, 0.6) is 17.2 Å². The number of nitrogens with zero attached hydrogens (tertiary/aromatic N) is 3. The first-order chi connectivity index (χ1) is 20.3. The summed E-state index contributed by atoms with van der Waals surface area (Å²) in [6, 6.07) is 11.8. The number of ether oxygens (including phenoxy) is 3. The van der Waals surface area contributed by atoms with Gasteiger partial charge in [0.15, 0.2) is 22.5 Å². The quantitative estimate of drug-likeness (QED) is 0.158. The smallest absolute Gasteiger partial charge is 0.416 e. The van der Waals surface area contributed by atoms with E-state index in [1.807, 2.05) is 0 Å². The Morgan fingerprint density at radius 2 is 1.47 bits per heavy atom. The maximum Gasteiger partial charge on any atom is 0.416 e. The first-order valence-corrected chi connectivity index (χ1v) is 13.3. The summed E-state index contributed by atoms with van der Waals surface area (Å²) in [4.78, 5) is 13.0. The van der Waals surface area contributed by atoms with Gasteiger partial charge in [0.1, 0.15) is 0 Å². The van der Waals surface area contributed by atoms with Crippen LogP contribution in [0.3, 0.4) is 0 Å². The number of methoxy groups -OCH3 is 3. The van der Waals surface area contributed by atoms with E-state index < -0.39 is 29.4 Å². The first-order valence-electron chi connectivity index (χ1n) is 12.3. The van der Waals surface area contributed by atoms with Gasteiger partial charge in [-0.2, -0.15) is 26.3 Å². The van der Waals surface area contributed by atoms with Crippen LogP contribution in [0.1, 0.15) is 32.9 Å². The molecule has 0 aliphatic heterocycles. The fraction of sp³-hybridized carbons (Fsp3) is 0.250. The lowest BCUT2D eigenvalue weighted by molar-refractivity contribution is -0.138. The fourth-order valence-corrected chi connectivity index (χ4v) is 4.93. The average molecular weight is 627 g/mol. The molecule has 1 amide bonds. The molecule has 4 rings (SSSR count). The Bertz CT molecular complexity index is 1560. The monoisotopic (exact) mass is 626 g/mol. The highest BCUT2D eigenvalue weighted by molar-refractivity contribution is 7.98. The number of thioether (sulfide) groups is 1. The van der Waals surface area contributed by atoms with E-state index in [9.17, 15) is 31.1 Å². The number of carbonyl (C=O) groups excluding carboxylic acids is 1. The zero-order valence-corrected chi connectivity index (χ0v) is 23.7. The van der Waals surface area contributed by atoms with Crippen LogP contribution in [-0.4, -0.2) is 42.0 Å². The number of nitrogens with one attached hydrogen (secondary N) is 1. The van der Waals surface area contributed by atoms with Gasteiger partial charge in [-0.15, -0.1) is 10.2 Å². The molecule has 0 radical (unpaired) electrons. The van der Waals surface area contributed by atoms with Crippen molar-refractivity contribution in [2.24, 2.45) is 0 Å². The van der Waals surface area contributed by atoms with Gasteiger partial charge < -0.3 is 19.5 Å². The number of halogens is 6. The third kappa shape index (κ3) is 7.34. The summed E-state index contributed by atoms with van der Waals surface area (Å²) in [7, 11) is 4.19. The second kappa shape index (κ2) is 12.9. The van der Waals surface area contributed by atoms with Crippen LogP contribution < -0.4 is 19.5 Å². The minimum atomic E-state index is -4.63. The molecule has 0 spiro atoms. The topological polar surface area (TPSA) is 87.5 Å². The van der Waals surface area contributed by atoms with E-state index in [0.29, 0.717) is 5.56 Å². The van der Waals surface area contributed by atoms with Crippen molar-refractivity contribution in [3.05, 3.63) is 88.7 Å². The Labute approximate surface area is 246 Å². The molecule has 0 saturated heterocycles. The Morgan fingerprint density at radius 1 is 0.837 bits per heavy atom. The zero-order chi connectivity index (χ0) is 31.4. The molecule has 43 heavy (non-hydrogen) atoms. The largest absolute Gasteiger partial charge is 0.493 e. The third-order valence-corrected chi connectivity index (χ3v) is 7.12. The number of amides is 1. The van der Waals surface area contributed by atoms with Gasteiger partial charge in [0, 0.05) is 11.3 Å². The van der Waals surface area contributed by atoms with E-state index in [0.717, 1.165) is 36.0 Å². The second-order valence-electron chi connectivity index (χ2n) is 8.86. The normalized spacial score (nSPS) is 11.7. The van der Waals surface area contributed by atoms with E-state index in [2.05, 4.69) is 15.5 Å². The van der Waals surface area contributed by atoms with Crippen LogP contribution >= 0.6 is 11.8 Å². The molecule has 0 unspecified atom stereocenters. The van der Waals surface area contributed by atoms with Gasteiger partial charge >= 0.3 is 12.4 Å². The highest BCUT2D eigenvalue weighted by atomic mass is 32.2. The van der Waals surface area contributed by atoms with Crippen LogP contribution in [-0.2, 0) is 24.7 Å². The summed E-state index contributed by atoms with van der Waals surface area (Å²) < 4.78 is 96.4. The minimum absolute atomic E-state index is 0.0757. The molecule has 8 nitrogen and oxygen atoms in total. The molecule has 4 aromatic rings. The third-order valence-electron chi connectivity index (χ3n) is 6.12. The number of rotatable bonds is 10. The molecule has 1 heterocycles. The molecule has 0 aliphatic rings. The van der Waals surface area contributed by atoms with Gasteiger partial charge in [0.25, 0.3) is 5.91 Å². The van der Waals surface area contributed by atoms with Gasteiger partial charge in [-0.3, -0.25) is 9.36 Å². The molecule has 0 atom stereocenters. The van der Waals surface area contributed by atoms with E-state index in [-0.39, 0.29) is 51.8 Å². The maximum atomic E-state index is 13.5. The lowest BCUT2D eigenvalue weighted by Gasteiger charge is -2.15. The molecular weight excluding hydrogens is 602 g/mol. The number of carbonyl (C=O) groups is 1. The molecule has 0 fully saturated rings. The highest BCUT2D eigenvalue weighted by Crippen LogP contribution is 2.38. The Morgan fingerprint density at radius 3 is 2.02 bits per heavy atom. The number of hydrogen-bond donors (Lipinski definition) is 1. The van der Waals surface area contributed by atoms with Gasteiger partial charge in [-0.05, 0) is 48.0 Å². The van der Waals surface area contributed by atoms with E-state index in [4.69, 9.17) is 14.2 Å². The number of aromatic nitrogens is 3. The summed E-state index contributed by atoms with van der Waals surface area (Å²) in [5.41, 5.74) is -0.972. The SMILES string of the molecule is COc1cc(C(=O)NCc2nnc(SCc3ccc(C(F)(F)F)cc3)n2-c2cccc(C(F)(F)F)c2)cc(OC)c1OC. The molecule has 0 bridgehead atoms. The number of alkyl halides is 6.